The molecule has 0 saturated carbocycles. The van der Waals surface area contributed by atoms with Crippen molar-refractivity contribution in [2.45, 2.75) is 70.8 Å². The van der Waals surface area contributed by atoms with Crippen LogP contribution in [0.1, 0.15) is 52.4 Å². The van der Waals surface area contributed by atoms with E-state index in [1.54, 1.807) is 0 Å². The van der Waals surface area contributed by atoms with E-state index in [4.69, 9.17) is 14.2 Å². The maximum atomic E-state index is 14.4. The van der Waals surface area contributed by atoms with Crippen molar-refractivity contribution in [3.63, 3.8) is 0 Å². The van der Waals surface area contributed by atoms with E-state index in [-0.39, 0.29) is 11.5 Å². The molecule has 2 rings (SSSR count). The van der Waals surface area contributed by atoms with Crippen LogP contribution in [-0.2, 0) is 4.74 Å². The Bertz CT molecular complexity index is 615. The molecule has 1 heterocycles. The van der Waals surface area contributed by atoms with Gasteiger partial charge >= 0.3 is 0 Å². The first-order valence-corrected chi connectivity index (χ1v) is 10.6. The van der Waals surface area contributed by atoms with Crippen molar-refractivity contribution in [3.05, 3.63) is 36.2 Å². The van der Waals surface area contributed by atoms with Crippen molar-refractivity contribution in [2.24, 2.45) is 5.92 Å². The van der Waals surface area contributed by atoms with Crippen LogP contribution in [-0.4, -0.2) is 38.3 Å². The summed E-state index contributed by atoms with van der Waals surface area (Å²) in [5.74, 6) is 0.0923. The van der Waals surface area contributed by atoms with Gasteiger partial charge in [0, 0.05) is 12.7 Å². The molecule has 0 spiro atoms. The lowest BCUT2D eigenvalue weighted by atomic mass is 9.92. The van der Waals surface area contributed by atoms with Crippen LogP contribution < -0.4 is 9.47 Å². The topological polar surface area (TPSA) is 27.7 Å². The highest BCUT2D eigenvalue weighted by Gasteiger charge is 2.34. The van der Waals surface area contributed by atoms with E-state index in [0.29, 0.717) is 25.6 Å². The highest BCUT2D eigenvalue weighted by atomic mass is 19.2. The molecule has 6 heteroatoms. The molecule has 1 aliphatic rings. The standard InChI is InChI=1S/C23H33F3O3/c1-3-5-7-8-17-9-11-22(29-15-17)23(26)20(25)16-28-18-10-12-21(19(24)14-18)27-13-6-4-2/h3,5,10,12,14,17,20,22-23H,4,6-9,11,13,15-16H2,1-2H3. The van der Waals surface area contributed by atoms with Gasteiger partial charge in [-0.15, -0.1) is 0 Å². The second-order valence-corrected chi connectivity index (χ2v) is 7.53. The molecular formula is C23H33F3O3. The van der Waals surface area contributed by atoms with Gasteiger partial charge in [0.25, 0.3) is 0 Å². The summed E-state index contributed by atoms with van der Waals surface area (Å²) in [5, 5.41) is 0. The van der Waals surface area contributed by atoms with Crippen molar-refractivity contribution < 1.29 is 27.4 Å². The average molecular weight is 415 g/mol. The lowest BCUT2D eigenvalue weighted by Crippen LogP contribution is -2.40. The second-order valence-electron chi connectivity index (χ2n) is 7.53. The van der Waals surface area contributed by atoms with Gasteiger partial charge < -0.3 is 14.2 Å². The molecule has 0 bridgehead atoms. The molecule has 0 aliphatic carbocycles. The Morgan fingerprint density at radius 1 is 1.24 bits per heavy atom. The van der Waals surface area contributed by atoms with E-state index in [0.717, 1.165) is 38.2 Å². The fourth-order valence-electron chi connectivity index (χ4n) is 3.32. The van der Waals surface area contributed by atoms with Crippen molar-refractivity contribution in [3.8, 4) is 11.5 Å². The summed E-state index contributed by atoms with van der Waals surface area (Å²) in [5.41, 5.74) is 0. The van der Waals surface area contributed by atoms with Crippen molar-refractivity contribution in [1.29, 1.82) is 0 Å². The van der Waals surface area contributed by atoms with Crippen LogP contribution in [0.5, 0.6) is 11.5 Å². The fraction of sp³-hybridized carbons (Fsp3) is 0.652. The molecule has 0 radical (unpaired) electrons. The molecule has 1 aromatic rings. The van der Waals surface area contributed by atoms with Gasteiger partial charge in [-0.25, -0.2) is 13.2 Å². The third kappa shape index (κ3) is 7.92. The van der Waals surface area contributed by atoms with Gasteiger partial charge in [-0.3, -0.25) is 0 Å². The molecular weight excluding hydrogens is 381 g/mol. The number of halogens is 3. The molecule has 1 fully saturated rings. The first-order valence-electron chi connectivity index (χ1n) is 10.6. The maximum absolute atomic E-state index is 14.4. The van der Waals surface area contributed by atoms with E-state index >= 15 is 0 Å². The molecule has 164 valence electrons. The maximum Gasteiger partial charge on any atom is 0.168 e. The van der Waals surface area contributed by atoms with Gasteiger partial charge in [-0.2, -0.15) is 0 Å². The Labute approximate surface area is 172 Å². The van der Waals surface area contributed by atoms with Gasteiger partial charge in [-0.1, -0.05) is 25.5 Å². The monoisotopic (exact) mass is 414 g/mol. The van der Waals surface area contributed by atoms with Crippen molar-refractivity contribution in [2.75, 3.05) is 19.8 Å². The first kappa shape index (κ1) is 23.6. The molecule has 1 aliphatic heterocycles. The molecule has 4 unspecified atom stereocenters. The minimum atomic E-state index is -1.83. The highest BCUT2D eigenvalue weighted by molar-refractivity contribution is 5.33. The molecule has 3 nitrogen and oxygen atoms in total. The van der Waals surface area contributed by atoms with E-state index in [9.17, 15) is 13.2 Å². The summed E-state index contributed by atoms with van der Waals surface area (Å²) < 4.78 is 58.9. The van der Waals surface area contributed by atoms with Crippen molar-refractivity contribution in [1.82, 2.24) is 0 Å². The summed E-state index contributed by atoms with van der Waals surface area (Å²) in [6.07, 6.45) is 4.87. The number of allylic oxidation sites excluding steroid dienone is 2. The summed E-state index contributed by atoms with van der Waals surface area (Å²) in [4.78, 5) is 0. The van der Waals surface area contributed by atoms with Gasteiger partial charge in [0.15, 0.2) is 23.9 Å². The van der Waals surface area contributed by atoms with Crippen LogP contribution in [0.2, 0.25) is 0 Å². The van der Waals surface area contributed by atoms with E-state index < -0.39 is 30.9 Å². The Morgan fingerprint density at radius 3 is 2.72 bits per heavy atom. The normalized spacial score (nSPS) is 21.8. The predicted molar refractivity (Wildman–Crippen MR) is 109 cm³/mol. The summed E-state index contributed by atoms with van der Waals surface area (Å²) in [6, 6.07) is 4.07. The number of unbranched alkanes of at least 4 members (excludes halogenated alkanes) is 1. The van der Waals surface area contributed by atoms with Crippen LogP contribution in [0.4, 0.5) is 13.2 Å². The van der Waals surface area contributed by atoms with Gasteiger partial charge in [0.1, 0.15) is 12.4 Å². The van der Waals surface area contributed by atoms with Crippen LogP contribution in [0.25, 0.3) is 0 Å². The number of hydrogen-bond donors (Lipinski definition) is 0. The minimum Gasteiger partial charge on any atom is -0.491 e. The Hall–Kier alpha value is -1.69. The molecule has 0 amide bonds. The lowest BCUT2D eigenvalue weighted by molar-refractivity contribution is -0.0807. The Balaban J connectivity index is 1.74. The Kier molecular flexibility index (Phi) is 10.4. The smallest absolute Gasteiger partial charge is 0.168 e. The molecule has 0 N–H and O–H groups in total. The van der Waals surface area contributed by atoms with Gasteiger partial charge in [-0.05, 0) is 57.1 Å². The Morgan fingerprint density at radius 2 is 2.07 bits per heavy atom. The number of rotatable bonds is 12. The number of alkyl halides is 2. The predicted octanol–water partition coefficient (Wildman–Crippen LogP) is 6.21. The third-order valence-electron chi connectivity index (χ3n) is 5.15. The van der Waals surface area contributed by atoms with Crippen LogP contribution in [0, 0.1) is 11.7 Å². The largest absolute Gasteiger partial charge is 0.491 e. The van der Waals surface area contributed by atoms with E-state index in [2.05, 4.69) is 6.08 Å². The molecule has 0 aromatic heterocycles. The van der Waals surface area contributed by atoms with Crippen LogP contribution in [0.15, 0.2) is 30.4 Å². The lowest BCUT2D eigenvalue weighted by Gasteiger charge is -2.31. The zero-order chi connectivity index (χ0) is 21.1. The van der Waals surface area contributed by atoms with Crippen LogP contribution in [0.3, 0.4) is 0 Å². The fourth-order valence-corrected chi connectivity index (χ4v) is 3.32. The van der Waals surface area contributed by atoms with Gasteiger partial charge in [0.2, 0.25) is 0 Å². The van der Waals surface area contributed by atoms with Crippen LogP contribution >= 0.6 is 0 Å². The summed E-state index contributed by atoms with van der Waals surface area (Å²) in [7, 11) is 0. The number of benzene rings is 1. The SMILES string of the molecule is CC=CCCC1CCC(C(F)C(F)COc2ccc(OCCCC)c(F)c2)OC1. The zero-order valence-corrected chi connectivity index (χ0v) is 17.4. The highest BCUT2D eigenvalue weighted by Crippen LogP contribution is 2.28. The summed E-state index contributed by atoms with van der Waals surface area (Å²) in [6.45, 7) is 4.40. The van der Waals surface area contributed by atoms with E-state index in [1.807, 2.05) is 19.9 Å². The van der Waals surface area contributed by atoms with Crippen molar-refractivity contribution >= 4 is 0 Å². The first-order chi connectivity index (χ1) is 14.0. The number of ether oxygens (including phenoxy) is 3. The van der Waals surface area contributed by atoms with Gasteiger partial charge in [0.05, 0.1) is 12.7 Å². The number of hydrogen-bond acceptors (Lipinski definition) is 3. The zero-order valence-electron chi connectivity index (χ0n) is 17.4. The molecule has 4 atom stereocenters. The molecule has 29 heavy (non-hydrogen) atoms. The average Bonchev–Trinajstić information content (AvgIpc) is 2.73. The second kappa shape index (κ2) is 12.8. The summed E-state index contributed by atoms with van der Waals surface area (Å²) >= 11 is 0. The quantitative estimate of drug-likeness (QED) is 0.301. The van der Waals surface area contributed by atoms with E-state index in [1.165, 1.54) is 12.1 Å². The molecule has 1 aromatic carbocycles. The third-order valence-corrected chi connectivity index (χ3v) is 5.15. The minimum absolute atomic E-state index is 0.130. The molecule has 1 saturated heterocycles.